The highest BCUT2D eigenvalue weighted by Crippen LogP contribution is 2.25. The number of rotatable bonds is 2. The Bertz CT molecular complexity index is 484. The number of benzene rings is 1. The highest BCUT2D eigenvalue weighted by molar-refractivity contribution is 7.13. The van der Waals surface area contributed by atoms with Crippen LogP contribution < -0.4 is 0 Å². The van der Waals surface area contributed by atoms with Gasteiger partial charge >= 0.3 is 0 Å². The van der Waals surface area contributed by atoms with Crippen LogP contribution in [0.4, 0.5) is 8.78 Å². The topological polar surface area (TPSA) is 33.1 Å². The summed E-state index contributed by atoms with van der Waals surface area (Å²) in [5.41, 5.74) is 1.04. The third kappa shape index (κ3) is 2.03. The van der Waals surface area contributed by atoms with E-state index < -0.39 is 11.6 Å². The van der Waals surface area contributed by atoms with E-state index in [-0.39, 0.29) is 6.61 Å². The molecule has 0 spiro atoms. The van der Waals surface area contributed by atoms with Crippen molar-refractivity contribution in [3.8, 4) is 10.6 Å². The average molecular weight is 227 g/mol. The van der Waals surface area contributed by atoms with Gasteiger partial charge in [0.05, 0.1) is 12.3 Å². The van der Waals surface area contributed by atoms with Crippen molar-refractivity contribution < 1.29 is 13.9 Å². The molecule has 2 rings (SSSR count). The lowest BCUT2D eigenvalue weighted by atomic mass is 10.2. The van der Waals surface area contributed by atoms with Gasteiger partial charge in [-0.25, -0.2) is 13.8 Å². The number of halogens is 2. The fourth-order valence-corrected chi connectivity index (χ4v) is 1.95. The Morgan fingerprint density at radius 3 is 2.67 bits per heavy atom. The Kier molecular flexibility index (Phi) is 2.75. The third-order valence-electron chi connectivity index (χ3n) is 1.88. The minimum Gasteiger partial charge on any atom is -0.390 e. The number of thiazole rings is 1. The van der Waals surface area contributed by atoms with E-state index in [2.05, 4.69) is 4.98 Å². The largest absolute Gasteiger partial charge is 0.390 e. The fourth-order valence-electron chi connectivity index (χ4n) is 1.14. The van der Waals surface area contributed by atoms with Crippen molar-refractivity contribution in [3.63, 3.8) is 0 Å². The van der Waals surface area contributed by atoms with Gasteiger partial charge in [-0.05, 0) is 18.2 Å². The SMILES string of the molecule is OCc1csc(-c2ccc(F)c(F)c2)n1. The molecule has 2 nitrogen and oxygen atoms in total. The maximum Gasteiger partial charge on any atom is 0.159 e. The monoisotopic (exact) mass is 227 g/mol. The lowest BCUT2D eigenvalue weighted by Gasteiger charge is -1.97. The Morgan fingerprint density at radius 1 is 1.27 bits per heavy atom. The predicted octanol–water partition coefficient (Wildman–Crippen LogP) is 2.58. The molecule has 1 aromatic carbocycles. The molecule has 1 N–H and O–H groups in total. The molecule has 0 unspecified atom stereocenters. The molecule has 0 fully saturated rings. The Labute approximate surface area is 88.8 Å². The summed E-state index contributed by atoms with van der Waals surface area (Å²) in [6.45, 7) is -0.153. The maximum absolute atomic E-state index is 12.9. The summed E-state index contributed by atoms with van der Waals surface area (Å²) < 4.78 is 25.6. The summed E-state index contributed by atoms with van der Waals surface area (Å²) in [6, 6.07) is 3.61. The zero-order valence-corrected chi connectivity index (χ0v) is 8.39. The van der Waals surface area contributed by atoms with E-state index in [1.807, 2.05) is 0 Å². The zero-order chi connectivity index (χ0) is 10.8. The molecule has 78 valence electrons. The Balaban J connectivity index is 2.40. The number of aromatic nitrogens is 1. The molecule has 0 atom stereocenters. The molecule has 0 radical (unpaired) electrons. The van der Waals surface area contributed by atoms with Crippen LogP contribution in [0.3, 0.4) is 0 Å². The van der Waals surface area contributed by atoms with Gasteiger partial charge in [-0.15, -0.1) is 11.3 Å². The molecule has 0 saturated heterocycles. The molecule has 0 aliphatic heterocycles. The van der Waals surface area contributed by atoms with Crippen LogP contribution >= 0.6 is 11.3 Å². The van der Waals surface area contributed by atoms with Crippen molar-refractivity contribution in [3.05, 3.63) is 40.9 Å². The minimum absolute atomic E-state index is 0.153. The first-order valence-electron chi connectivity index (χ1n) is 4.21. The second kappa shape index (κ2) is 4.04. The van der Waals surface area contributed by atoms with Gasteiger partial charge in [0.15, 0.2) is 11.6 Å². The first-order chi connectivity index (χ1) is 7.20. The normalized spacial score (nSPS) is 10.6. The molecule has 0 aliphatic carbocycles. The molecule has 1 aromatic heterocycles. The van der Waals surface area contributed by atoms with Gasteiger partial charge in [-0.2, -0.15) is 0 Å². The van der Waals surface area contributed by atoms with E-state index in [1.165, 1.54) is 17.4 Å². The highest BCUT2D eigenvalue weighted by Gasteiger charge is 2.07. The molecule has 0 saturated carbocycles. The lowest BCUT2D eigenvalue weighted by molar-refractivity contribution is 0.278. The molecular formula is C10H7F2NOS. The number of hydrogen-bond donors (Lipinski definition) is 1. The number of aliphatic hydroxyl groups is 1. The minimum atomic E-state index is -0.895. The van der Waals surface area contributed by atoms with E-state index in [1.54, 1.807) is 5.38 Å². The van der Waals surface area contributed by atoms with Crippen molar-refractivity contribution in [2.75, 3.05) is 0 Å². The fraction of sp³-hybridized carbons (Fsp3) is 0.100. The van der Waals surface area contributed by atoms with E-state index in [9.17, 15) is 8.78 Å². The summed E-state index contributed by atoms with van der Waals surface area (Å²) in [6.07, 6.45) is 0. The lowest BCUT2D eigenvalue weighted by Crippen LogP contribution is -1.86. The number of nitrogens with zero attached hydrogens (tertiary/aromatic N) is 1. The van der Waals surface area contributed by atoms with Crippen LogP contribution in [0.15, 0.2) is 23.6 Å². The second-order valence-electron chi connectivity index (χ2n) is 2.93. The quantitative estimate of drug-likeness (QED) is 0.855. The van der Waals surface area contributed by atoms with Crippen LogP contribution in [0.2, 0.25) is 0 Å². The van der Waals surface area contributed by atoms with E-state index >= 15 is 0 Å². The van der Waals surface area contributed by atoms with Crippen molar-refractivity contribution in [1.82, 2.24) is 4.98 Å². The smallest absolute Gasteiger partial charge is 0.159 e. The van der Waals surface area contributed by atoms with Gasteiger partial charge in [-0.1, -0.05) is 0 Å². The molecule has 15 heavy (non-hydrogen) atoms. The summed E-state index contributed by atoms with van der Waals surface area (Å²) in [5.74, 6) is -1.77. The van der Waals surface area contributed by atoms with E-state index in [4.69, 9.17) is 5.11 Å². The second-order valence-corrected chi connectivity index (χ2v) is 3.79. The molecular weight excluding hydrogens is 220 g/mol. The van der Waals surface area contributed by atoms with Gasteiger partial charge in [0, 0.05) is 10.9 Å². The number of hydrogen-bond acceptors (Lipinski definition) is 3. The van der Waals surface area contributed by atoms with Crippen LogP contribution in [-0.4, -0.2) is 10.1 Å². The first kappa shape index (κ1) is 10.2. The van der Waals surface area contributed by atoms with Gasteiger partial charge in [0.25, 0.3) is 0 Å². The van der Waals surface area contributed by atoms with Crippen LogP contribution in [0, 0.1) is 11.6 Å². The highest BCUT2D eigenvalue weighted by atomic mass is 32.1. The molecule has 2 aromatic rings. The van der Waals surface area contributed by atoms with Crippen molar-refractivity contribution in [2.45, 2.75) is 6.61 Å². The Hall–Kier alpha value is -1.33. The van der Waals surface area contributed by atoms with Crippen molar-refractivity contribution >= 4 is 11.3 Å². The zero-order valence-electron chi connectivity index (χ0n) is 7.58. The molecule has 0 bridgehead atoms. The summed E-state index contributed by atoms with van der Waals surface area (Å²) in [5, 5.41) is 11.1. The van der Waals surface area contributed by atoms with E-state index in [0.29, 0.717) is 16.3 Å². The van der Waals surface area contributed by atoms with Crippen LogP contribution in [0.5, 0.6) is 0 Å². The van der Waals surface area contributed by atoms with Crippen LogP contribution in [0.25, 0.3) is 10.6 Å². The van der Waals surface area contributed by atoms with Gasteiger partial charge in [-0.3, -0.25) is 0 Å². The average Bonchev–Trinajstić information content (AvgIpc) is 2.70. The third-order valence-corrected chi connectivity index (χ3v) is 2.82. The van der Waals surface area contributed by atoms with Crippen molar-refractivity contribution in [2.24, 2.45) is 0 Å². The van der Waals surface area contributed by atoms with Crippen LogP contribution in [0.1, 0.15) is 5.69 Å². The number of aliphatic hydroxyl groups excluding tert-OH is 1. The summed E-state index contributed by atoms with van der Waals surface area (Å²) in [4.78, 5) is 4.05. The van der Waals surface area contributed by atoms with Gasteiger partial charge < -0.3 is 5.11 Å². The molecule has 0 aliphatic rings. The maximum atomic E-state index is 12.9. The van der Waals surface area contributed by atoms with Crippen LogP contribution in [-0.2, 0) is 6.61 Å². The Morgan fingerprint density at radius 2 is 2.07 bits per heavy atom. The molecule has 0 amide bonds. The first-order valence-corrected chi connectivity index (χ1v) is 5.09. The standard InChI is InChI=1S/C10H7F2NOS/c11-8-2-1-6(3-9(8)12)10-13-7(4-14)5-15-10/h1-3,5,14H,4H2. The predicted molar refractivity (Wildman–Crippen MR) is 53.4 cm³/mol. The summed E-state index contributed by atoms with van der Waals surface area (Å²) >= 11 is 1.28. The summed E-state index contributed by atoms with van der Waals surface area (Å²) in [7, 11) is 0. The van der Waals surface area contributed by atoms with Gasteiger partial charge in [0.1, 0.15) is 5.01 Å². The van der Waals surface area contributed by atoms with E-state index in [0.717, 1.165) is 12.1 Å². The molecule has 5 heteroatoms. The van der Waals surface area contributed by atoms with Crippen molar-refractivity contribution in [1.29, 1.82) is 0 Å². The molecule has 1 heterocycles. The van der Waals surface area contributed by atoms with Gasteiger partial charge in [0.2, 0.25) is 0 Å².